The monoisotopic (exact) mass is 428 g/mol. The van der Waals surface area contributed by atoms with Crippen molar-refractivity contribution in [2.24, 2.45) is 0 Å². The SMILES string of the molecule is CCCCCCN(C)c1ccc(/C=C2\SC(=S)N(CS(=O)(=O)O)C2=O)cc1. The van der Waals surface area contributed by atoms with Gasteiger partial charge < -0.3 is 4.90 Å². The number of carbonyl (C=O) groups is 1. The Bertz CT molecular complexity index is 820. The molecule has 0 radical (unpaired) electrons. The van der Waals surface area contributed by atoms with Crippen molar-refractivity contribution in [3.63, 3.8) is 0 Å². The summed E-state index contributed by atoms with van der Waals surface area (Å²) in [6.07, 6.45) is 6.53. The first-order valence-corrected chi connectivity index (χ1v) is 11.6. The highest BCUT2D eigenvalue weighted by atomic mass is 32.2. The van der Waals surface area contributed by atoms with E-state index in [1.165, 1.54) is 19.3 Å². The van der Waals surface area contributed by atoms with E-state index in [4.69, 9.17) is 16.8 Å². The van der Waals surface area contributed by atoms with Crippen LogP contribution in [-0.2, 0) is 14.9 Å². The van der Waals surface area contributed by atoms with Gasteiger partial charge in [0.05, 0.1) is 4.91 Å². The third kappa shape index (κ3) is 6.60. The average Bonchev–Trinajstić information content (AvgIpc) is 2.85. The van der Waals surface area contributed by atoms with Gasteiger partial charge in [-0.05, 0) is 30.2 Å². The number of thiocarbonyl (C=S) groups is 1. The highest BCUT2D eigenvalue weighted by Gasteiger charge is 2.34. The number of rotatable bonds is 9. The van der Waals surface area contributed by atoms with Crippen LogP contribution in [-0.4, -0.2) is 47.6 Å². The van der Waals surface area contributed by atoms with Crippen LogP contribution in [0.2, 0.25) is 0 Å². The van der Waals surface area contributed by atoms with Crippen molar-refractivity contribution in [1.29, 1.82) is 0 Å². The second kappa shape index (κ2) is 9.68. The molecule has 0 spiro atoms. The molecule has 1 aliphatic heterocycles. The van der Waals surface area contributed by atoms with E-state index in [9.17, 15) is 13.2 Å². The summed E-state index contributed by atoms with van der Waals surface area (Å²) >= 11 is 6.06. The lowest BCUT2D eigenvalue weighted by molar-refractivity contribution is -0.121. The number of hydrogen-bond acceptors (Lipinski definition) is 6. The molecule has 148 valence electrons. The maximum atomic E-state index is 12.3. The lowest BCUT2D eigenvalue weighted by Gasteiger charge is -2.19. The van der Waals surface area contributed by atoms with Crippen LogP contribution >= 0.6 is 24.0 Å². The van der Waals surface area contributed by atoms with E-state index < -0.39 is 21.9 Å². The Morgan fingerprint density at radius 2 is 1.89 bits per heavy atom. The summed E-state index contributed by atoms with van der Waals surface area (Å²) in [5, 5.41) is 0. The summed E-state index contributed by atoms with van der Waals surface area (Å²) in [5.41, 5.74) is 1.92. The minimum atomic E-state index is -4.32. The van der Waals surface area contributed by atoms with Crippen LogP contribution in [0.4, 0.5) is 5.69 Å². The molecular weight excluding hydrogens is 404 g/mol. The van der Waals surface area contributed by atoms with Crippen LogP contribution in [0.15, 0.2) is 29.2 Å². The number of nitrogens with zero attached hydrogens (tertiary/aromatic N) is 2. The van der Waals surface area contributed by atoms with Gasteiger partial charge in [0.1, 0.15) is 4.32 Å². The molecule has 1 aliphatic rings. The molecule has 1 heterocycles. The van der Waals surface area contributed by atoms with Crippen LogP contribution in [0.1, 0.15) is 38.2 Å². The second-order valence-electron chi connectivity index (χ2n) is 6.39. The Balaban J connectivity index is 2.03. The Kier molecular flexibility index (Phi) is 7.84. The Labute approximate surface area is 170 Å². The molecule has 1 aromatic carbocycles. The molecule has 6 nitrogen and oxygen atoms in total. The molecule has 1 N–H and O–H groups in total. The van der Waals surface area contributed by atoms with E-state index in [2.05, 4.69) is 18.9 Å². The molecule has 1 aromatic rings. The van der Waals surface area contributed by atoms with Crippen molar-refractivity contribution in [2.75, 3.05) is 24.4 Å². The van der Waals surface area contributed by atoms with E-state index in [1.54, 1.807) is 6.08 Å². The highest BCUT2D eigenvalue weighted by Crippen LogP contribution is 2.33. The van der Waals surface area contributed by atoms with E-state index in [0.29, 0.717) is 4.91 Å². The Morgan fingerprint density at radius 3 is 2.48 bits per heavy atom. The quantitative estimate of drug-likeness (QED) is 0.278. The standard InChI is InChI=1S/C18H24N2O4S3/c1-3-4-5-6-11-19(2)15-9-7-14(8-10-15)12-16-17(21)20(18(25)26-16)13-27(22,23)24/h7-10,12H,3-6,11,13H2,1-2H3,(H,22,23,24)/b16-12-. The van der Waals surface area contributed by atoms with Gasteiger partial charge in [-0.25, -0.2) is 0 Å². The fraction of sp³-hybridized carbons (Fsp3) is 0.444. The molecule has 1 saturated heterocycles. The topological polar surface area (TPSA) is 77.9 Å². The molecule has 0 saturated carbocycles. The van der Waals surface area contributed by atoms with Gasteiger partial charge in [0, 0.05) is 19.3 Å². The lowest BCUT2D eigenvalue weighted by atomic mass is 10.1. The number of anilines is 1. The summed E-state index contributed by atoms with van der Waals surface area (Å²) in [4.78, 5) is 15.7. The first kappa shape index (κ1) is 21.9. The van der Waals surface area contributed by atoms with Crippen LogP contribution in [0.5, 0.6) is 0 Å². The number of unbranched alkanes of at least 4 members (excludes halogenated alkanes) is 3. The molecule has 1 fully saturated rings. The summed E-state index contributed by atoms with van der Waals surface area (Å²) in [6, 6.07) is 7.80. The molecule has 27 heavy (non-hydrogen) atoms. The van der Waals surface area contributed by atoms with Crippen molar-refractivity contribution in [3.8, 4) is 0 Å². The van der Waals surface area contributed by atoms with E-state index in [1.807, 2.05) is 24.3 Å². The fourth-order valence-corrected chi connectivity index (χ4v) is 4.65. The summed E-state index contributed by atoms with van der Waals surface area (Å²) in [7, 11) is -2.27. The predicted octanol–water partition coefficient (Wildman–Crippen LogP) is 3.75. The smallest absolute Gasteiger partial charge is 0.283 e. The van der Waals surface area contributed by atoms with Crippen molar-refractivity contribution in [2.45, 2.75) is 32.6 Å². The zero-order valence-electron chi connectivity index (χ0n) is 15.4. The minimum absolute atomic E-state index is 0.118. The molecule has 0 unspecified atom stereocenters. The highest BCUT2D eigenvalue weighted by molar-refractivity contribution is 8.26. The summed E-state index contributed by atoms with van der Waals surface area (Å²) in [5.74, 6) is -1.34. The second-order valence-corrected chi connectivity index (χ2v) is 9.49. The third-order valence-corrected chi connectivity index (χ3v) is 6.11. The van der Waals surface area contributed by atoms with E-state index in [0.717, 1.165) is 40.9 Å². The maximum absolute atomic E-state index is 12.3. The molecule has 2 rings (SSSR count). The summed E-state index contributed by atoms with van der Waals surface area (Å²) in [6.45, 7) is 3.19. The molecular formula is C18H24N2O4S3. The fourth-order valence-electron chi connectivity index (χ4n) is 2.66. The Hall–Kier alpha value is -1.42. The van der Waals surface area contributed by atoms with Crippen molar-refractivity contribution >= 4 is 56.1 Å². The number of amides is 1. The molecule has 9 heteroatoms. The van der Waals surface area contributed by atoms with Crippen LogP contribution in [0.3, 0.4) is 0 Å². The zero-order valence-corrected chi connectivity index (χ0v) is 17.9. The predicted molar refractivity (Wildman–Crippen MR) is 115 cm³/mol. The van der Waals surface area contributed by atoms with Crippen LogP contribution in [0, 0.1) is 0 Å². The van der Waals surface area contributed by atoms with E-state index in [-0.39, 0.29) is 4.32 Å². The van der Waals surface area contributed by atoms with Crippen molar-refractivity contribution < 1.29 is 17.8 Å². The zero-order chi connectivity index (χ0) is 20.0. The number of benzene rings is 1. The third-order valence-electron chi connectivity index (χ3n) is 4.14. The molecule has 0 aliphatic carbocycles. The van der Waals surface area contributed by atoms with Crippen LogP contribution < -0.4 is 4.90 Å². The van der Waals surface area contributed by atoms with Crippen molar-refractivity contribution in [3.05, 3.63) is 34.7 Å². The number of thioether (sulfide) groups is 1. The van der Waals surface area contributed by atoms with Gasteiger partial charge in [-0.2, -0.15) is 8.42 Å². The largest absolute Gasteiger partial charge is 0.375 e. The van der Waals surface area contributed by atoms with Crippen molar-refractivity contribution in [1.82, 2.24) is 4.90 Å². The Morgan fingerprint density at radius 1 is 1.22 bits per heavy atom. The first-order chi connectivity index (χ1) is 12.7. The number of hydrogen-bond donors (Lipinski definition) is 1. The average molecular weight is 429 g/mol. The lowest BCUT2D eigenvalue weighted by Crippen LogP contribution is -2.33. The summed E-state index contributed by atoms with van der Waals surface area (Å²) < 4.78 is 31.1. The number of carbonyl (C=O) groups excluding carboxylic acids is 1. The molecule has 1 amide bonds. The normalized spacial score (nSPS) is 16.4. The van der Waals surface area contributed by atoms with Gasteiger partial charge in [0.15, 0.2) is 5.88 Å². The van der Waals surface area contributed by atoms with E-state index >= 15 is 0 Å². The molecule has 0 atom stereocenters. The van der Waals surface area contributed by atoms with Gasteiger partial charge in [-0.1, -0.05) is 62.3 Å². The minimum Gasteiger partial charge on any atom is -0.375 e. The van der Waals surface area contributed by atoms with Gasteiger partial charge in [0.2, 0.25) is 0 Å². The van der Waals surface area contributed by atoms with Gasteiger partial charge in [0.25, 0.3) is 16.0 Å². The van der Waals surface area contributed by atoms with Gasteiger partial charge in [-0.3, -0.25) is 14.2 Å². The maximum Gasteiger partial charge on any atom is 0.283 e. The first-order valence-electron chi connectivity index (χ1n) is 8.73. The van der Waals surface area contributed by atoms with Crippen LogP contribution in [0.25, 0.3) is 6.08 Å². The molecule has 0 bridgehead atoms. The van der Waals surface area contributed by atoms with Gasteiger partial charge in [-0.15, -0.1) is 0 Å². The molecule has 0 aromatic heterocycles. The van der Waals surface area contributed by atoms with Gasteiger partial charge >= 0.3 is 0 Å².